The third-order valence-electron chi connectivity index (χ3n) is 2.66. The van der Waals surface area contributed by atoms with Crippen LogP contribution in [-0.4, -0.2) is 85.8 Å². The fourth-order valence-corrected chi connectivity index (χ4v) is 1.54. The Balaban J connectivity index is 0. The maximum absolute atomic E-state index is 10.7. The van der Waals surface area contributed by atoms with Crippen molar-refractivity contribution in [3.05, 3.63) is 0 Å². The molecule has 0 rings (SSSR count). The monoisotopic (exact) mass is 346 g/mol. The van der Waals surface area contributed by atoms with E-state index < -0.39 is 15.4 Å². The fraction of sp³-hybridized carbons (Fsp3) is 1.00. The van der Waals surface area contributed by atoms with Crippen LogP contribution in [0.4, 0.5) is 0 Å². The van der Waals surface area contributed by atoms with Crippen molar-refractivity contribution in [2.24, 2.45) is 0 Å². The second-order valence-electron chi connectivity index (χ2n) is 4.49. The van der Waals surface area contributed by atoms with Crippen LogP contribution >= 0.6 is 0 Å². The van der Waals surface area contributed by atoms with Crippen molar-refractivity contribution in [2.75, 3.05) is 61.5 Å². The Morgan fingerprint density at radius 3 is 1.82 bits per heavy atom. The van der Waals surface area contributed by atoms with Gasteiger partial charge in [0.05, 0.1) is 31.7 Å². The Morgan fingerprint density at radius 1 is 0.909 bits per heavy atom. The lowest BCUT2D eigenvalue weighted by Gasteiger charge is -2.15. The summed E-state index contributed by atoms with van der Waals surface area (Å²) < 4.78 is 54.5. The van der Waals surface area contributed by atoms with Gasteiger partial charge in [-0.1, -0.05) is 0 Å². The van der Waals surface area contributed by atoms with Gasteiger partial charge in [0.15, 0.2) is 0 Å². The highest BCUT2D eigenvalue weighted by Crippen LogP contribution is 2.03. The summed E-state index contributed by atoms with van der Waals surface area (Å²) in [6.45, 7) is 3.83. The Hall–Kier alpha value is -0.290. The summed E-state index contributed by atoms with van der Waals surface area (Å²) in [6, 6.07) is 0. The van der Waals surface area contributed by atoms with E-state index in [4.69, 9.17) is 18.8 Å². The molecular weight excluding hydrogens is 316 g/mol. The highest BCUT2D eigenvalue weighted by Gasteiger charge is 2.17. The Kier molecular flexibility index (Phi) is 17.0. The van der Waals surface area contributed by atoms with Crippen LogP contribution in [0.25, 0.3) is 0 Å². The minimum Gasteiger partial charge on any atom is -0.382 e. The summed E-state index contributed by atoms with van der Waals surface area (Å²) in [5.74, 6) is 0. The standard InChI is InChI=1S/C9H20O6S.C4H10O2/c1-8(16(10,11)12)4-5-15-7-9(14-3)6-13-2;1-5-3-4-6-2/h8-9H,4-7H2,1-3H3,(H,10,11,12);3-4H2,1-2H3. The lowest BCUT2D eigenvalue weighted by Crippen LogP contribution is -2.25. The molecular formula is C13H30O8S. The molecule has 2 atom stereocenters. The van der Waals surface area contributed by atoms with E-state index >= 15 is 0 Å². The number of hydrogen-bond acceptors (Lipinski definition) is 7. The summed E-state index contributed by atoms with van der Waals surface area (Å²) in [5.41, 5.74) is 0. The van der Waals surface area contributed by atoms with E-state index in [2.05, 4.69) is 9.47 Å². The predicted molar refractivity (Wildman–Crippen MR) is 82.9 cm³/mol. The zero-order valence-corrected chi connectivity index (χ0v) is 14.9. The van der Waals surface area contributed by atoms with Crippen LogP contribution < -0.4 is 0 Å². The summed E-state index contributed by atoms with van der Waals surface area (Å²) in [7, 11) is 2.46. The Morgan fingerprint density at radius 2 is 1.45 bits per heavy atom. The molecule has 0 amide bonds. The Labute approximate surface area is 133 Å². The van der Waals surface area contributed by atoms with Gasteiger partial charge in [-0.2, -0.15) is 8.42 Å². The first kappa shape index (κ1) is 24.0. The molecule has 0 saturated heterocycles. The van der Waals surface area contributed by atoms with E-state index in [1.54, 1.807) is 28.4 Å². The van der Waals surface area contributed by atoms with Crippen molar-refractivity contribution in [1.82, 2.24) is 0 Å². The molecule has 0 aliphatic carbocycles. The molecule has 0 fully saturated rings. The van der Waals surface area contributed by atoms with Gasteiger partial charge in [0, 0.05) is 35.0 Å². The number of methoxy groups -OCH3 is 4. The summed E-state index contributed by atoms with van der Waals surface area (Å²) >= 11 is 0. The lowest BCUT2D eigenvalue weighted by atomic mass is 10.3. The van der Waals surface area contributed by atoms with Crippen LogP contribution in [-0.2, 0) is 33.8 Å². The fourth-order valence-electron chi connectivity index (χ4n) is 1.15. The molecule has 0 radical (unpaired) electrons. The summed E-state index contributed by atoms with van der Waals surface area (Å²) in [5, 5.41) is -0.809. The average Bonchev–Trinajstić information content (AvgIpc) is 2.47. The smallest absolute Gasteiger partial charge is 0.267 e. The molecule has 0 aromatic rings. The van der Waals surface area contributed by atoms with Gasteiger partial charge in [-0.15, -0.1) is 0 Å². The third-order valence-corrected chi connectivity index (χ3v) is 3.91. The second kappa shape index (κ2) is 15.6. The lowest BCUT2D eigenvalue weighted by molar-refractivity contribution is -0.0306. The Bertz CT molecular complexity index is 316. The van der Waals surface area contributed by atoms with E-state index in [0.29, 0.717) is 26.4 Å². The normalized spacial score (nSPS) is 14.1. The molecule has 1 N–H and O–H groups in total. The van der Waals surface area contributed by atoms with Crippen LogP contribution in [0.3, 0.4) is 0 Å². The first-order valence-electron chi connectivity index (χ1n) is 6.87. The van der Waals surface area contributed by atoms with Gasteiger partial charge in [-0.3, -0.25) is 4.55 Å². The molecule has 0 aromatic carbocycles. The van der Waals surface area contributed by atoms with Crippen LogP contribution in [0.2, 0.25) is 0 Å². The van der Waals surface area contributed by atoms with Crippen LogP contribution in [0.1, 0.15) is 13.3 Å². The molecule has 0 aliphatic rings. The molecule has 8 nitrogen and oxygen atoms in total. The quantitative estimate of drug-likeness (QED) is 0.405. The van der Waals surface area contributed by atoms with E-state index in [1.807, 2.05) is 0 Å². The second-order valence-corrected chi connectivity index (χ2v) is 6.32. The molecule has 9 heteroatoms. The third kappa shape index (κ3) is 16.1. The van der Waals surface area contributed by atoms with Crippen LogP contribution in [0.15, 0.2) is 0 Å². The largest absolute Gasteiger partial charge is 0.382 e. The topological polar surface area (TPSA) is 101 Å². The number of ether oxygens (including phenoxy) is 5. The van der Waals surface area contributed by atoms with E-state index in [1.165, 1.54) is 6.92 Å². The van der Waals surface area contributed by atoms with Crippen molar-refractivity contribution < 1.29 is 36.7 Å². The van der Waals surface area contributed by atoms with Crippen molar-refractivity contribution in [3.63, 3.8) is 0 Å². The maximum Gasteiger partial charge on any atom is 0.267 e. The minimum atomic E-state index is -3.96. The maximum atomic E-state index is 10.7. The van der Waals surface area contributed by atoms with Gasteiger partial charge in [0.25, 0.3) is 10.1 Å². The molecule has 136 valence electrons. The summed E-state index contributed by atoms with van der Waals surface area (Å²) in [4.78, 5) is 0. The van der Waals surface area contributed by atoms with Gasteiger partial charge >= 0.3 is 0 Å². The molecule has 22 heavy (non-hydrogen) atoms. The SMILES string of the molecule is COCC(COCCC(C)S(=O)(=O)O)OC.COCCOC. The number of rotatable bonds is 12. The van der Waals surface area contributed by atoms with Crippen molar-refractivity contribution in [1.29, 1.82) is 0 Å². The molecule has 0 saturated carbocycles. The minimum absolute atomic E-state index is 0.161. The van der Waals surface area contributed by atoms with Gasteiger partial charge < -0.3 is 23.7 Å². The average molecular weight is 346 g/mol. The molecule has 0 spiro atoms. The zero-order chi connectivity index (χ0) is 17.4. The number of hydrogen-bond donors (Lipinski definition) is 1. The van der Waals surface area contributed by atoms with Gasteiger partial charge in [-0.25, -0.2) is 0 Å². The van der Waals surface area contributed by atoms with Crippen LogP contribution in [0, 0.1) is 0 Å². The predicted octanol–water partition coefficient (Wildman–Crippen LogP) is 0.610. The first-order chi connectivity index (χ1) is 10.3. The van der Waals surface area contributed by atoms with E-state index in [-0.39, 0.29) is 19.1 Å². The molecule has 2 unspecified atom stereocenters. The van der Waals surface area contributed by atoms with Gasteiger partial charge in [0.2, 0.25) is 0 Å². The van der Waals surface area contributed by atoms with E-state index in [0.717, 1.165) is 0 Å². The molecule has 0 aromatic heterocycles. The highest BCUT2D eigenvalue weighted by atomic mass is 32.2. The highest BCUT2D eigenvalue weighted by molar-refractivity contribution is 7.86. The zero-order valence-electron chi connectivity index (χ0n) is 14.1. The van der Waals surface area contributed by atoms with Crippen molar-refractivity contribution in [3.8, 4) is 0 Å². The van der Waals surface area contributed by atoms with Gasteiger partial charge in [0.1, 0.15) is 6.10 Å². The van der Waals surface area contributed by atoms with Crippen molar-refractivity contribution in [2.45, 2.75) is 24.7 Å². The molecule has 0 heterocycles. The molecule has 0 bridgehead atoms. The van der Waals surface area contributed by atoms with Crippen molar-refractivity contribution >= 4 is 10.1 Å². The first-order valence-corrected chi connectivity index (χ1v) is 8.37. The van der Waals surface area contributed by atoms with Crippen LogP contribution in [0.5, 0.6) is 0 Å². The summed E-state index contributed by atoms with van der Waals surface area (Å²) in [6.07, 6.45) is 0.0912. The van der Waals surface area contributed by atoms with Gasteiger partial charge in [-0.05, 0) is 13.3 Å². The molecule has 0 aliphatic heterocycles. The van der Waals surface area contributed by atoms with E-state index in [9.17, 15) is 8.42 Å².